The molecule has 2 aromatic carbocycles. The van der Waals surface area contributed by atoms with Crippen LogP contribution in [0.5, 0.6) is 0 Å². The van der Waals surface area contributed by atoms with Gasteiger partial charge in [0.25, 0.3) is 10.0 Å². The minimum Gasteiger partial charge on any atom is -0.280 e. The number of nitrogens with one attached hydrogen (secondary N) is 1. The first-order valence-electron chi connectivity index (χ1n) is 6.69. The molecule has 1 N–H and O–H groups in total. The molecule has 0 atom stereocenters. The molecule has 0 aliphatic heterocycles. The molecule has 0 radical (unpaired) electrons. The van der Waals surface area contributed by atoms with Crippen LogP contribution < -0.4 is 4.72 Å². The van der Waals surface area contributed by atoms with Crippen molar-refractivity contribution in [1.29, 1.82) is 0 Å². The Morgan fingerprint density at radius 2 is 1.91 bits per heavy atom. The van der Waals surface area contributed by atoms with Crippen molar-refractivity contribution in [3.05, 3.63) is 59.9 Å². The van der Waals surface area contributed by atoms with Crippen LogP contribution in [-0.2, 0) is 17.1 Å². The van der Waals surface area contributed by atoms with Crippen LogP contribution in [0.4, 0.5) is 5.69 Å². The van der Waals surface area contributed by atoms with Crippen molar-refractivity contribution in [3.63, 3.8) is 0 Å². The van der Waals surface area contributed by atoms with Crippen LogP contribution in [-0.4, -0.2) is 23.2 Å². The smallest absolute Gasteiger partial charge is 0.263 e. The minimum absolute atomic E-state index is 0.0306. The normalized spacial score (nSPS) is 11.4. The van der Waals surface area contributed by atoms with Gasteiger partial charge in [-0.05, 0) is 24.3 Å². The summed E-state index contributed by atoms with van der Waals surface area (Å²) in [6.07, 6.45) is 1.58. The molecule has 3 aromatic rings. The predicted octanol–water partition coefficient (Wildman–Crippen LogP) is 2.94. The highest BCUT2D eigenvalue weighted by Gasteiger charge is 2.17. The van der Waals surface area contributed by atoms with E-state index in [1.165, 1.54) is 12.1 Å². The molecule has 0 bridgehead atoms. The van der Waals surface area contributed by atoms with Crippen molar-refractivity contribution < 1.29 is 8.42 Å². The number of aryl methyl sites for hydroxylation is 1. The van der Waals surface area contributed by atoms with E-state index >= 15 is 0 Å². The van der Waals surface area contributed by atoms with Gasteiger partial charge in [0.2, 0.25) is 0 Å². The van der Waals surface area contributed by atoms with Crippen molar-refractivity contribution in [1.82, 2.24) is 14.8 Å². The lowest BCUT2D eigenvalue weighted by Gasteiger charge is -2.10. The maximum Gasteiger partial charge on any atom is 0.263 e. The second-order valence-electron chi connectivity index (χ2n) is 4.86. The zero-order valence-electron chi connectivity index (χ0n) is 12.1. The van der Waals surface area contributed by atoms with E-state index < -0.39 is 10.0 Å². The Labute approximate surface area is 138 Å². The van der Waals surface area contributed by atoms with Crippen molar-refractivity contribution >= 4 is 27.3 Å². The van der Waals surface area contributed by atoms with E-state index in [1.54, 1.807) is 48.4 Å². The fourth-order valence-corrected chi connectivity index (χ4v) is 3.64. The highest BCUT2D eigenvalue weighted by atomic mass is 35.5. The van der Waals surface area contributed by atoms with Crippen molar-refractivity contribution in [2.45, 2.75) is 4.90 Å². The standard InChI is InChI=1S/C15H13ClN4O2S/c1-20-10-17-15(18-20)11-5-4-6-12(9-11)19-23(21,22)14-8-3-2-7-13(14)16/h2-10,19H,1H3. The lowest BCUT2D eigenvalue weighted by Crippen LogP contribution is -2.13. The number of benzene rings is 2. The van der Waals surface area contributed by atoms with Crippen LogP contribution in [0.25, 0.3) is 11.4 Å². The van der Waals surface area contributed by atoms with Gasteiger partial charge in [-0.25, -0.2) is 13.4 Å². The highest BCUT2D eigenvalue weighted by Crippen LogP contribution is 2.25. The van der Waals surface area contributed by atoms with E-state index in [-0.39, 0.29) is 9.92 Å². The summed E-state index contributed by atoms with van der Waals surface area (Å²) in [5, 5.41) is 4.37. The lowest BCUT2D eigenvalue weighted by molar-refractivity contribution is 0.601. The molecular weight excluding hydrogens is 336 g/mol. The number of sulfonamides is 1. The molecule has 0 spiro atoms. The van der Waals surface area contributed by atoms with Gasteiger partial charge in [0.1, 0.15) is 11.2 Å². The fraction of sp³-hybridized carbons (Fsp3) is 0.0667. The monoisotopic (exact) mass is 348 g/mol. The van der Waals surface area contributed by atoms with Crippen LogP contribution in [0.15, 0.2) is 59.8 Å². The highest BCUT2D eigenvalue weighted by molar-refractivity contribution is 7.92. The van der Waals surface area contributed by atoms with Gasteiger partial charge in [0.05, 0.1) is 5.02 Å². The summed E-state index contributed by atoms with van der Waals surface area (Å²) in [5.74, 6) is 0.520. The molecule has 6 nitrogen and oxygen atoms in total. The Kier molecular flexibility index (Phi) is 4.06. The summed E-state index contributed by atoms with van der Waals surface area (Å²) in [7, 11) is -2.00. The number of aromatic nitrogens is 3. The average molecular weight is 349 g/mol. The number of nitrogens with zero attached hydrogens (tertiary/aromatic N) is 3. The second kappa shape index (κ2) is 6.02. The SMILES string of the molecule is Cn1cnc(-c2cccc(NS(=O)(=O)c3ccccc3Cl)c2)n1. The minimum atomic E-state index is -3.77. The van der Waals surface area contributed by atoms with Crippen LogP contribution in [0.1, 0.15) is 0 Å². The number of rotatable bonds is 4. The van der Waals surface area contributed by atoms with Gasteiger partial charge in [-0.2, -0.15) is 5.10 Å². The number of hydrogen-bond donors (Lipinski definition) is 1. The molecule has 0 amide bonds. The van der Waals surface area contributed by atoms with Gasteiger partial charge in [0.15, 0.2) is 5.82 Å². The Morgan fingerprint density at radius 3 is 2.61 bits per heavy atom. The molecule has 3 rings (SSSR count). The molecule has 0 unspecified atom stereocenters. The zero-order valence-corrected chi connectivity index (χ0v) is 13.7. The zero-order chi connectivity index (χ0) is 16.4. The van der Waals surface area contributed by atoms with Gasteiger partial charge in [0, 0.05) is 18.3 Å². The molecule has 1 heterocycles. The van der Waals surface area contributed by atoms with E-state index in [0.29, 0.717) is 17.1 Å². The number of halogens is 1. The molecule has 8 heteroatoms. The molecule has 0 aliphatic rings. The van der Waals surface area contributed by atoms with Crippen LogP contribution in [0, 0.1) is 0 Å². The average Bonchev–Trinajstić information content (AvgIpc) is 2.94. The van der Waals surface area contributed by atoms with Crippen molar-refractivity contribution in [3.8, 4) is 11.4 Å². The van der Waals surface area contributed by atoms with E-state index in [2.05, 4.69) is 14.8 Å². The second-order valence-corrected chi connectivity index (χ2v) is 6.92. The summed E-state index contributed by atoms with van der Waals surface area (Å²) < 4.78 is 29.0. The summed E-state index contributed by atoms with van der Waals surface area (Å²) in [6.45, 7) is 0. The molecule has 118 valence electrons. The maximum atomic E-state index is 12.4. The van der Waals surface area contributed by atoms with Crippen LogP contribution in [0.3, 0.4) is 0 Å². The molecule has 23 heavy (non-hydrogen) atoms. The van der Waals surface area contributed by atoms with Gasteiger partial charge in [-0.1, -0.05) is 35.9 Å². The topological polar surface area (TPSA) is 76.9 Å². The fourth-order valence-electron chi connectivity index (χ4n) is 2.07. The quantitative estimate of drug-likeness (QED) is 0.786. The van der Waals surface area contributed by atoms with E-state index in [0.717, 1.165) is 0 Å². The first kappa shape index (κ1) is 15.5. The van der Waals surface area contributed by atoms with Crippen molar-refractivity contribution in [2.24, 2.45) is 7.05 Å². The first-order valence-corrected chi connectivity index (χ1v) is 8.55. The van der Waals surface area contributed by atoms with E-state index in [9.17, 15) is 8.42 Å². The first-order chi connectivity index (χ1) is 11.0. The van der Waals surface area contributed by atoms with Gasteiger partial charge in [-0.15, -0.1) is 0 Å². The van der Waals surface area contributed by atoms with Gasteiger partial charge < -0.3 is 0 Å². The van der Waals surface area contributed by atoms with Gasteiger partial charge in [-0.3, -0.25) is 9.40 Å². The Bertz CT molecular complexity index is 953. The third-order valence-corrected chi connectivity index (χ3v) is 4.98. The molecule has 0 saturated carbocycles. The third kappa shape index (κ3) is 3.35. The molecule has 1 aromatic heterocycles. The van der Waals surface area contributed by atoms with Gasteiger partial charge >= 0.3 is 0 Å². The number of hydrogen-bond acceptors (Lipinski definition) is 4. The van der Waals surface area contributed by atoms with E-state index in [4.69, 9.17) is 11.6 Å². The van der Waals surface area contributed by atoms with Crippen molar-refractivity contribution in [2.75, 3.05) is 4.72 Å². The Balaban J connectivity index is 1.93. The van der Waals surface area contributed by atoms with Crippen LogP contribution in [0.2, 0.25) is 5.02 Å². The summed E-state index contributed by atoms with van der Waals surface area (Å²) >= 11 is 5.96. The Hall–Kier alpha value is -2.38. The maximum absolute atomic E-state index is 12.4. The molecule has 0 aliphatic carbocycles. The lowest BCUT2D eigenvalue weighted by atomic mass is 10.2. The largest absolute Gasteiger partial charge is 0.280 e. The molecule has 0 saturated heterocycles. The van der Waals surface area contributed by atoms with Crippen LogP contribution >= 0.6 is 11.6 Å². The molecule has 0 fully saturated rings. The number of anilines is 1. The summed E-state index contributed by atoms with van der Waals surface area (Å²) in [5.41, 5.74) is 1.12. The van der Waals surface area contributed by atoms with E-state index in [1.807, 2.05) is 6.07 Å². The third-order valence-electron chi connectivity index (χ3n) is 3.10. The molecular formula is C15H13ClN4O2S. The predicted molar refractivity (Wildman–Crippen MR) is 88.7 cm³/mol. The Morgan fingerprint density at radius 1 is 1.13 bits per heavy atom. The summed E-state index contributed by atoms with van der Waals surface area (Å²) in [4.78, 5) is 4.18. The summed E-state index contributed by atoms with van der Waals surface area (Å²) in [6, 6.07) is 13.1.